The summed E-state index contributed by atoms with van der Waals surface area (Å²) in [7, 11) is 0. The third-order valence-corrected chi connectivity index (χ3v) is 4.72. The highest BCUT2D eigenvalue weighted by Crippen LogP contribution is 2.41. The molecule has 1 aliphatic heterocycles. The molecular weight excluding hydrogens is 252 g/mol. The van der Waals surface area contributed by atoms with E-state index in [0.717, 1.165) is 38.6 Å². The van der Waals surface area contributed by atoms with Gasteiger partial charge in [-0.25, -0.2) is 0 Å². The molecule has 2 saturated carbocycles. The minimum atomic E-state index is -0.238. The maximum absolute atomic E-state index is 12.7. The number of carbonyl (C=O) groups excluding carboxylic acids is 2. The highest BCUT2D eigenvalue weighted by molar-refractivity contribution is 5.97. The number of rotatable bonds is 4. The number of hydrogen-bond donors (Lipinski definition) is 1. The number of carbonyl (C=O) groups is 2. The lowest BCUT2D eigenvalue weighted by Gasteiger charge is -2.40. The SMILES string of the molecule is CC(C)(C)CCN1C(=O)C(C2CC2)NC(=O)C1C1CC1. The van der Waals surface area contributed by atoms with Gasteiger partial charge >= 0.3 is 0 Å². The van der Waals surface area contributed by atoms with E-state index in [1.54, 1.807) is 0 Å². The highest BCUT2D eigenvalue weighted by Gasteiger charge is 2.51. The van der Waals surface area contributed by atoms with E-state index in [2.05, 4.69) is 26.1 Å². The summed E-state index contributed by atoms with van der Waals surface area (Å²) in [5.41, 5.74) is 0.192. The molecule has 4 nitrogen and oxygen atoms in total. The molecule has 2 atom stereocenters. The number of hydrogen-bond acceptors (Lipinski definition) is 2. The van der Waals surface area contributed by atoms with Gasteiger partial charge in [0.1, 0.15) is 12.1 Å². The molecule has 0 spiro atoms. The molecule has 1 saturated heterocycles. The first-order chi connectivity index (χ1) is 9.37. The van der Waals surface area contributed by atoms with E-state index in [1.165, 1.54) is 0 Å². The number of amides is 2. The van der Waals surface area contributed by atoms with Crippen LogP contribution in [0.1, 0.15) is 52.9 Å². The summed E-state index contributed by atoms with van der Waals surface area (Å²) in [6.07, 6.45) is 5.29. The van der Waals surface area contributed by atoms with Crippen molar-refractivity contribution in [2.75, 3.05) is 6.54 Å². The van der Waals surface area contributed by atoms with Crippen molar-refractivity contribution < 1.29 is 9.59 Å². The lowest BCUT2D eigenvalue weighted by molar-refractivity contribution is -0.151. The topological polar surface area (TPSA) is 49.4 Å². The molecule has 0 radical (unpaired) electrons. The first-order valence-corrected chi connectivity index (χ1v) is 7.98. The van der Waals surface area contributed by atoms with Crippen LogP contribution in [0.5, 0.6) is 0 Å². The fourth-order valence-corrected chi connectivity index (χ4v) is 3.09. The van der Waals surface area contributed by atoms with Crippen LogP contribution in [-0.2, 0) is 9.59 Å². The molecule has 0 aromatic carbocycles. The van der Waals surface area contributed by atoms with Gasteiger partial charge in [0, 0.05) is 6.54 Å². The van der Waals surface area contributed by atoms with E-state index in [1.807, 2.05) is 4.90 Å². The van der Waals surface area contributed by atoms with Crippen LogP contribution in [0.25, 0.3) is 0 Å². The van der Waals surface area contributed by atoms with Crippen LogP contribution in [0, 0.1) is 17.3 Å². The van der Waals surface area contributed by atoms with Gasteiger partial charge in [-0.3, -0.25) is 9.59 Å². The zero-order valence-corrected chi connectivity index (χ0v) is 12.8. The molecule has 2 aliphatic carbocycles. The Kier molecular flexibility index (Phi) is 3.30. The third kappa shape index (κ3) is 2.84. The smallest absolute Gasteiger partial charge is 0.246 e. The Bertz CT molecular complexity index is 419. The van der Waals surface area contributed by atoms with Crippen LogP contribution in [0.2, 0.25) is 0 Å². The molecule has 1 heterocycles. The fourth-order valence-electron chi connectivity index (χ4n) is 3.09. The second kappa shape index (κ2) is 4.74. The van der Waals surface area contributed by atoms with Crippen LogP contribution in [0.4, 0.5) is 0 Å². The minimum Gasteiger partial charge on any atom is -0.342 e. The lowest BCUT2D eigenvalue weighted by Crippen LogP contribution is -2.65. The van der Waals surface area contributed by atoms with E-state index in [0.29, 0.717) is 11.8 Å². The summed E-state index contributed by atoms with van der Waals surface area (Å²) in [6, 6.07) is -0.433. The van der Waals surface area contributed by atoms with Gasteiger partial charge in [0.05, 0.1) is 0 Å². The van der Waals surface area contributed by atoms with Gasteiger partial charge in [-0.15, -0.1) is 0 Å². The third-order valence-electron chi connectivity index (χ3n) is 4.72. The van der Waals surface area contributed by atoms with E-state index < -0.39 is 0 Å². The van der Waals surface area contributed by atoms with E-state index in [9.17, 15) is 9.59 Å². The Balaban J connectivity index is 1.75. The summed E-state index contributed by atoms with van der Waals surface area (Å²) in [4.78, 5) is 27.0. The Morgan fingerprint density at radius 1 is 1.10 bits per heavy atom. The molecule has 3 rings (SSSR count). The number of nitrogens with one attached hydrogen (secondary N) is 1. The molecule has 20 heavy (non-hydrogen) atoms. The molecule has 2 unspecified atom stereocenters. The molecule has 3 aliphatic rings. The number of nitrogens with zero attached hydrogens (tertiary/aromatic N) is 1. The van der Waals surface area contributed by atoms with Crippen molar-refractivity contribution in [1.82, 2.24) is 10.2 Å². The molecule has 4 heteroatoms. The first kappa shape index (κ1) is 13.9. The Labute approximate surface area is 121 Å². The predicted molar refractivity (Wildman–Crippen MR) is 77.0 cm³/mol. The molecule has 1 N–H and O–H groups in total. The Hall–Kier alpha value is -1.06. The lowest BCUT2D eigenvalue weighted by atomic mass is 9.90. The molecule has 0 bridgehead atoms. The van der Waals surface area contributed by atoms with Crippen LogP contribution >= 0.6 is 0 Å². The van der Waals surface area contributed by atoms with Crippen molar-refractivity contribution in [3.05, 3.63) is 0 Å². The average molecular weight is 278 g/mol. The van der Waals surface area contributed by atoms with Gasteiger partial charge in [0.25, 0.3) is 0 Å². The maximum atomic E-state index is 12.7. The molecule has 0 aromatic rings. The molecule has 3 fully saturated rings. The molecular formula is C16H26N2O2. The summed E-state index contributed by atoms with van der Waals surface area (Å²) < 4.78 is 0. The van der Waals surface area contributed by atoms with E-state index in [-0.39, 0.29) is 29.3 Å². The van der Waals surface area contributed by atoms with Crippen molar-refractivity contribution in [3.63, 3.8) is 0 Å². The monoisotopic (exact) mass is 278 g/mol. The summed E-state index contributed by atoms with van der Waals surface area (Å²) in [5, 5.41) is 3.00. The van der Waals surface area contributed by atoms with Crippen molar-refractivity contribution >= 4 is 11.8 Å². The van der Waals surface area contributed by atoms with Gasteiger partial charge in [-0.2, -0.15) is 0 Å². The van der Waals surface area contributed by atoms with Crippen LogP contribution in [0.3, 0.4) is 0 Å². The van der Waals surface area contributed by atoms with Crippen molar-refractivity contribution in [2.24, 2.45) is 17.3 Å². The largest absolute Gasteiger partial charge is 0.342 e. The van der Waals surface area contributed by atoms with Gasteiger partial charge < -0.3 is 10.2 Å². The quantitative estimate of drug-likeness (QED) is 0.854. The van der Waals surface area contributed by atoms with Crippen LogP contribution < -0.4 is 5.32 Å². The highest BCUT2D eigenvalue weighted by atomic mass is 16.2. The van der Waals surface area contributed by atoms with Gasteiger partial charge in [-0.05, 0) is 49.4 Å². The molecule has 0 aromatic heterocycles. The summed E-state index contributed by atoms with van der Waals surface area (Å²) in [6.45, 7) is 7.28. The van der Waals surface area contributed by atoms with Gasteiger partial charge in [0.15, 0.2) is 0 Å². The zero-order valence-electron chi connectivity index (χ0n) is 12.8. The van der Waals surface area contributed by atoms with Gasteiger partial charge in [0.2, 0.25) is 11.8 Å². The second-order valence-corrected chi connectivity index (χ2v) is 7.95. The van der Waals surface area contributed by atoms with Crippen molar-refractivity contribution in [3.8, 4) is 0 Å². The number of piperazine rings is 1. The zero-order chi connectivity index (χ0) is 14.5. The normalized spacial score (nSPS) is 31.4. The van der Waals surface area contributed by atoms with Gasteiger partial charge in [-0.1, -0.05) is 20.8 Å². The minimum absolute atomic E-state index is 0.0953. The Morgan fingerprint density at radius 2 is 1.70 bits per heavy atom. The van der Waals surface area contributed by atoms with E-state index >= 15 is 0 Å². The molecule has 112 valence electrons. The predicted octanol–water partition coefficient (Wildman–Crippen LogP) is 1.94. The second-order valence-electron chi connectivity index (χ2n) is 7.95. The van der Waals surface area contributed by atoms with Crippen LogP contribution in [0.15, 0.2) is 0 Å². The van der Waals surface area contributed by atoms with Crippen molar-refractivity contribution in [2.45, 2.75) is 65.0 Å². The average Bonchev–Trinajstić information content (AvgIpc) is 3.21. The summed E-state index contributed by atoms with van der Waals surface area (Å²) >= 11 is 0. The Morgan fingerprint density at radius 3 is 2.20 bits per heavy atom. The van der Waals surface area contributed by atoms with Crippen molar-refractivity contribution in [1.29, 1.82) is 0 Å². The maximum Gasteiger partial charge on any atom is 0.246 e. The molecule has 2 amide bonds. The standard InChI is InChI=1S/C16H26N2O2/c1-16(2,3)8-9-18-13(11-6-7-11)14(19)17-12(15(18)20)10-4-5-10/h10-13H,4-9H2,1-3H3,(H,17,19). The van der Waals surface area contributed by atoms with Crippen LogP contribution in [-0.4, -0.2) is 35.3 Å². The van der Waals surface area contributed by atoms with E-state index in [4.69, 9.17) is 0 Å². The summed E-state index contributed by atoms with van der Waals surface area (Å²) in [5.74, 6) is 1.06. The fraction of sp³-hybridized carbons (Fsp3) is 0.875. The first-order valence-electron chi connectivity index (χ1n) is 7.98.